The molecule has 22 heavy (non-hydrogen) atoms. The van der Waals surface area contributed by atoms with Gasteiger partial charge in [-0.25, -0.2) is 4.39 Å². The summed E-state index contributed by atoms with van der Waals surface area (Å²) in [6.07, 6.45) is 2.05. The molecule has 1 heterocycles. The molecule has 0 N–H and O–H groups in total. The van der Waals surface area contributed by atoms with Crippen molar-refractivity contribution in [1.82, 2.24) is 4.57 Å². The molecular weight excluding hydrogens is 301 g/mol. The van der Waals surface area contributed by atoms with E-state index in [1.807, 2.05) is 24.4 Å². The van der Waals surface area contributed by atoms with E-state index in [0.29, 0.717) is 17.7 Å². The average Bonchev–Trinajstić information content (AvgIpc) is 2.84. The molecule has 3 aromatic rings. The molecule has 0 radical (unpaired) electrons. The molecule has 0 aliphatic rings. The molecule has 0 saturated heterocycles. The van der Waals surface area contributed by atoms with Crippen molar-refractivity contribution in [1.29, 1.82) is 0 Å². The summed E-state index contributed by atoms with van der Waals surface area (Å²) >= 11 is 6.11. The van der Waals surface area contributed by atoms with E-state index < -0.39 is 0 Å². The first kappa shape index (κ1) is 14.9. The average molecular weight is 318 g/mol. The molecular formula is C18H17ClFNO. The van der Waals surface area contributed by atoms with Gasteiger partial charge >= 0.3 is 0 Å². The van der Waals surface area contributed by atoms with Crippen LogP contribution in [0.15, 0.2) is 48.7 Å². The van der Waals surface area contributed by atoms with Gasteiger partial charge in [-0.05, 0) is 44.2 Å². The van der Waals surface area contributed by atoms with Gasteiger partial charge in [0.05, 0.1) is 0 Å². The molecule has 0 aliphatic carbocycles. The minimum absolute atomic E-state index is 0.259. The van der Waals surface area contributed by atoms with Gasteiger partial charge in [0.2, 0.25) is 0 Å². The van der Waals surface area contributed by atoms with E-state index in [1.54, 1.807) is 18.2 Å². The summed E-state index contributed by atoms with van der Waals surface area (Å²) in [6.45, 7) is 4.54. The minimum Gasteiger partial charge on any atom is -0.486 e. The lowest BCUT2D eigenvalue weighted by atomic mass is 10.2. The van der Waals surface area contributed by atoms with Gasteiger partial charge in [0.25, 0.3) is 0 Å². The smallest absolute Gasteiger partial charge is 0.165 e. The Labute approximate surface area is 134 Å². The number of halogens is 2. The second kappa shape index (κ2) is 6.01. The van der Waals surface area contributed by atoms with E-state index in [-0.39, 0.29) is 11.6 Å². The van der Waals surface area contributed by atoms with Crippen molar-refractivity contribution in [2.45, 2.75) is 26.5 Å². The fraction of sp³-hybridized carbons (Fsp3) is 0.222. The quantitative estimate of drug-likeness (QED) is 0.611. The van der Waals surface area contributed by atoms with Crippen molar-refractivity contribution in [2.24, 2.45) is 0 Å². The fourth-order valence-electron chi connectivity index (χ4n) is 2.56. The lowest BCUT2D eigenvalue weighted by Crippen LogP contribution is -1.99. The van der Waals surface area contributed by atoms with E-state index >= 15 is 0 Å². The van der Waals surface area contributed by atoms with Gasteiger partial charge in [-0.1, -0.05) is 23.7 Å². The zero-order chi connectivity index (χ0) is 15.7. The van der Waals surface area contributed by atoms with Crippen LogP contribution >= 0.6 is 11.6 Å². The van der Waals surface area contributed by atoms with Crippen LogP contribution in [0.1, 0.15) is 25.5 Å². The maximum Gasteiger partial charge on any atom is 0.165 e. The monoisotopic (exact) mass is 317 g/mol. The minimum atomic E-state index is -0.354. The second-order valence-corrected chi connectivity index (χ2v) is 5.97. The number of rotatable bonds is 4. The van der Waals surface area contributed by atoms with Crippen LogP contribution < -0.4 is 4.74 Å². The van der Waals surface area contributed by atoms with Gasteiger partial charge in [0.15, 0.2) is 11.6 Å². The normalized spacial score (nSPS) is 11.3. The highest BCUT2D eigenvalue weighted by atomic mass is 35.5. The molecule has 0 saturated carbocycles. The number of hydrogen-bond donors (Lipinski definition) is 0. The number of para-hydroxylation sites is 1. The fourth-order valence-corrected chi connectivity index (χ4v) is 2.73. The lowest BCUT2D eigenvalue weighted by Gasteiger charge is -2.08. The van der Waals surface area contributed by atoms with E-state index in [1.165, 1.54) is 6.07 Å². The Bertz CT molecular complexity index is 810. The van der Waals surface area contributed by atoms with E-state index in [0.717, 1.165) is 16.5 Å². The summed E-state index contributed by atoms with van der Waals surface area (Å²) in [5.74, 6) is -0.0943. The Hall–Kier alpha value is -2.00. The molecule has 3 rings (SSSR count). The molecule has 1 aromatic heterocycles. The summed E-state index contributed by atoms with van der Waals surface area (Å²) < 4.78 is 21.5. The van der Waals surface area contributed by atoms with Crippen LogP contribution in [0, 0.1) is 5.82 Å². The van der Waals surface area contributed by atoms with Crippen LogP contribution in [0.5, 0.6) is 5.75 Å². The number of ether oxygens (including phenoxy) is 1. The Morgan fingerprint density at radius 1 is 1.18 bits per heavy atom. The van der Waals surface area contributed by atoms with Crippen molar-refractivity contribution in [3.05, 3.63) is 65.1 Å². The highest BCUT2D eigenvalue weighted by molar-refractivity contribution is 6.31. The molecule has 0 spiro atoms. The van der Waals surface area contributed by atoms with Crippen LogP contribution in [-0.2, 0) is 6.61 Å². The molecule has 2 nitrogen and oxygen atoms in total. The van der Waals surface area contributed by atoms with Gasteiger partial charge in [-0.2, -0.15) is 0 Å². The summed E-state index contributed by atoms with van der Waals surface area (Å²) in [7, 11) is 0. The van der Waals surface area contributed by atoms with Crippen LogP contribution in [-0.4, -0.2) is 4.57 Å². The largest absolute Gasteiger partial charge is 0.486 e. The molecule has 0 aliphatic heterocycles. The number of nitrogens with zero attached hydrogens (tertiary/aromatic N) is 1. The summed E-state index contributed by atoms with van der Waals surface area (Å²) in [6, 6.07) is 12.6. The molecule has 0 fully saturated rings. The maximum absolute atomic E-state index is 13.7. The SMILES string of the molecule is CC(C)n1cc(COc2ccccc2F)c2cc(Cl)ccc21. The molecule has 0 bridgehead atoms. The zero-order valence-corrected chi connectivity index (χ0v) is 13.3. The van der Waals surface area contributed by atoms with E-state index in [4.69, 9.17) is 16.3 Å². The Balaban J connectivity index is 1.96. The second-order valence-electron chi connectivity index (χ2n) is 5.54. The predicted molar refractivity (Wildman–Crippen MR) is 88.1 cm³/mol. The van der Waals surface area contributed by atoms with E-state index in [9.17, 15) is 4.39 Å². The molecule has 4 heteroatoms. The third-order valence-electron chi connectivity index (χ3n) is 3.65. The van der Waals surface area contributed by atoms with Crippen molar-refractivity contribution < 1.29 is 9.13 Å². The van der Waals surface area contributed by atoms with E-state index in [2.05, 4.69) is 18.4 Å². The number of fused-ring (bicyclic) bond motifs is 1. The third kappa shape index (κ3) is 2.81. The molecule has 0 amide bonds. The number of aromatic nitrogens is 1. The van der Waals surface area contributed by atoms with Gasteiger partial charge in [-0.3, -0.25) is 0 Å². The number of hydrogen-bond acceptors (Lipinski definition) is 1. The first-order valence-electron chi connectivity index (χ1n) is 7.22. The molecule has 0 atom stereocenters. The van der Waals surface area contributed by atoms with Gasteiger partial charge in [0, 0.05) is 33.7 Å². The van der Waals surface area contributed by atoms with Crippen LogP contribution in [0.3, 0.4) is 0 Å². The summed E-state index contributed by atoms with van der Waals surface area (Å²) in [5.41, 5.74) is 2.10. The molecule has 0 unspecified atom stereocenters. The zero-order valence-electron chi connectivity index (χ0n) is 12.5. The first-order chi connectivity index (χ1) is 10.6. The first-order valence-corrected chi connectivity index (χ1v) is 7.60. The summed E-state index contributed by atoms with van der Waals surface area (Å²) in [5, 5.41) is 1.72. The lowest BCUT2D eigenvalue weighted by molar-refractivity contribution is 0.291. The van der Waals surface area contributed by atoms with Gasteiger partial charge < -0.3 is 9.30 Å². The predicted octanol–water partition coefficient (Wildman–Crippen LogP) is 5.59. The number of benzene rings is 2. The Morgan fingerprint density at radius 2 is 1.95 bits per heavy atom. The highest BCUT2D eigenvalue weighted by Gasteiger charge is 2.12. The Kier molecular flexibility index (Phi) is 4.08. The van der Waals surface area contributed by atoms with Crippen LogP contribution in [0.25, 0.3) is 10.9 Å². The van der Waals surface area contributed by atoms with Gasteiger partial charge in [-0.15, -0.1) is 0 Å². The van der Waals surface area contributed by atoms with Crippen LogP contribution in [0.4, 0.5) is 4.39 Å². The van der Waals surface area contributed by atoms with Crippen LogP contribution in [0.2, 0.25) is 5.02 Å². The standard InChI is InChI=1S/C18H17ClFNO/c1-12(2)21-10-13(15-9-14(19)7-8-17(15)21)11-22-18-6-4-3-5-16(18)20/h3-10,12H,11H2,1-2H3. The highest BCUT2D eigenvalue weighted by Crippen LogP contribution is 2.28. The molecule has 2 aromatic carbocycles. The van der Waals surface area contributed by atoms with Crippen molar-refractivity contribution in [2.75, 3.05) is 0 Å². The molecule has 114 valence electrons. The summed E-state index contributed by atoms with van der Waals surface area (Å²) in [4.78, 5) is 0. The maximum atomic E-state index is 13.7. The van der Waals surface area contributed by atoms with Crippen molar-refractivity contribution in [3.8, 4) is 5.75 Å². The van der Waals surface area contributed by atoms with Crippen molar-refractivity contribution >= 4 is 22.5 Å². The topological polar surface area (TPSA) is 14.2 Å². The Morgan fingerprint density at radius 3 is 2.68 bits per heavy atom. The third-order valence-corrected chi connectivity index (χ3v) is 3.89. The van der Waals surface area contributed by atoms with Crippen molar-refractivity contribution in [3.63, 3.8) is 0 Å². The van der Waals surface area contributed by atoms with Gasteiger partial charge in [0.1, 0.15) is 6.61 Å².